The highest BCUT2D eigenvalue weighted by Crippen LogP contribution is 2.23. The summed E-state index contributed by atoms with van der Waals surface area (Å²) < 4.78 is 0. The maximum absolute atomic E-state index is 10.9. The third-order valence-corrected chi connectivity index (χ3v) is 3.61. The molecule has 1 aliphatic rings. The molecule has 0 bridgehead atoms. The minimum atomic E-state index is 0.813. The molecule has 0 aliphatic carbocycles. The molecule has 0 aromatic heterocycles. The number of carbonyl (C=O) groups is 1. The van der Waals surface area contributed by atoms with Crippen LogP contribution in [0.15, 0.2) is 18.2 Å². The second-order valence-electron chi connectivity index (χ2n) is 3.78. The van der Waals surface area contributed by atoms with E-state index in [1.165, 1.54) is 5.56 Å². The highest BCUT2D eigenvalue weighted by molar-refractivity contribution is 7.99. The quantitative estimate of drug-likeness (QED) is 0.715. The number of anilines is 1. The van der Waals surface area contributed by atoms with E-state index in [-0.39, 0.29) is 0 Å². The molecular formula is C12H15NOS. The van der Waals surface area contributed by atoms with Gasteiger partial charge in [0.1, 0.15) is 0 Å². The zero-order valence-electron chi connectivity index (χ0n) is 8.90. The number of nitrogens with zero attached hydrogens (tertiary/aromatic N) is 1. The minimum Gasteiger partial charge on any atom is -0.369 e. The predicted molar refractivity (Wildman–Crippen MR) is 66.1 cm³/mol. The van der Waals surface area contributed by atoms with E-state index in [1.54, 1.807) is 0 Å². The fourth-order valence-corrected chi connectivity index (χ4v) is 2.73. The van der Waals surface area contributed by atoms with Crippen molar-refractivity contribution in [1.82, 2.24) is 0 Å². The van der Waals surface area contributed by atoms with Crippen molar-refractivity contribution in [2.24, 2.45) is 0 Å². The van der Waals surface area contributed by atoms with Gasteiger partial charge in [0, 0.05) is 35.8 Å². The largest absolute Gasteiger partial charge is 0.369 e. The molecule has 15 heavy (non-hydrogen) atoms. The van der Waals surface area contributed by atoms with Gasteiger partial charge in [-0.15, -0.1) is 0 Å². The zero-order valence-corrected chi connectivity index (χ0v) is 9.72. The molecule has 1 aromatic rings. The SMILES string of the molecule is Cc1ccc(C=O)c(N2CCSCC2)c1. The number of benzene rings is 1. The van der Waals surface area contributed by atoms with Gasteiger partial charge in [-0.05, 0) is 24.6 Å². The minimum absolute atomic E-state index is 0.813. The molecule has 1 saturated heterocycles. The zero-order chi connectivity index (χ0) is 10.7. The average molecular weight is 221 g/mol. The first-order valence-electron chi connectivity index (χ1n) is 5.20. The predicted octanol–water partition coefficient (Wildman–Crippen LogP) is 2.36. The second-order valence-corrected chi connectivity index (χ2v) is 5.00. The van der Waals surface area contributed by atoms with Crippen LogP contribution in [-0.2, 0) is 0 Å². The van der Waals surface area contributed by atoms with Crippen molar-refractivity contribution in [2.75, 3.05) is 29.5 Å². The first-order valence-corrected chi connectivity index (χ1v) is 6.35. The lowest BCUT2D eigenvalue weighted by Gasteiger charge is -2.29. The molecule has 0 amide bonds. The number of aldehydes is 1. The Hall–Kier alpha value is -0.960. The number of hydrogen-bond acceptors (Lipinski definition) is 3. The Morgan fingerprint density at radius 2 is 2.07 bits per heavy atom. The van der Waals surface area contributed by atoms with Crippen molar-refractivity contribution in [2.45, 2.75) is 6.92 Å². The maximum atomic E-state index is 10.9. The van der Waals surface area contributed by atoms with Gasteiger partial charge < -0.3 is 4.90 Å². The summed E-state index contributed by atoms with van der Waals surface area (Å²) in [5.41, 5.74) is 3.13. The second kappa shape index (κ2) is 4.71. The van der Waals surface area contributed by atoms with Gasteiger partial charge in [-0.25, -0.2) is 0 Å². The summed E-state index contributed by atoms with van der Waals surface area (Å²) in [6.45, 7) is 4.17. The Morgan fingerprint density at radius 3 is 2.73 bits per heavy atom. The fourth-order valence-electron chi connectivity index (χ4n) is 1.83. The van der Waals surface area contributed by atoms with Crippen molar-refractivity contribution < 1.29 is 4.79 Å². The summed E-state index contributed by atoms with van der Waals surface area (Å²) in [6, 6.07) is 6.02. The molecule has 0 N–H and O–H groups in total. The van der Waals surface area contributed by atoms with Crippen LogP contribution in [0.5, 0.6) is 0 Å². The summed E-state index contributed by atoms with van der Waals surface area (Å²) >= 11 is 1.98. The molecule has 0 atom stereocenters. The molecule has 0 spiro atoms. The van der Waals surface area contributed by atoms with Crippen LogP contribution < -0.4 is 4.90 Å². The van der Waals surface area contributed by atoms with Crippen LogP contribution in [-0.4, -0.2) is 30.9 Å². The topological polar surface area (TPSA) is 20.3 Å². The lowest BCUT2D eigenvalue weighted by Crippen LogP contribution is -2.33. The summed E-state index contributed by atoms with van der Waals surface area (Å²) in [6.07, 6.45) is 0.955. The van der Waals surface area contributed by atoms with E-state index in [2.05, 4.69) is 17.9 Å². The fraction of sp³-hybridized carbons (Fsp3) is 0.417. The van der Waals surface area contributed by atoms with E-state index in [0.717, 1.165) is 42.1 Å². The standard InChI is InChI=1S/C12H15NOS/c1-10-2-3-11(9-14)12(8-10)13-4-6-15-7-5-13/h2-3,8-9H,4-7H2,1H3. The lowest BCUT2D eigenvalue weighted by atomic mass is 10.1. The maximum Gasteiger partial charge on any atom is 0.152 e. The Balaban J connectivity index is 2.31. The van der Waals surface area contributed by atoms with E-state index < -0.39 is 0 Å². The van der Waals surface area contributed by atoms with Crippen LogP contribution in [0, 0.1) is 6.92 Å². The number of aryl methyl sites for hydroxylation is 1. The van der Waals surface area contributed by atoms with Gasteiger partial charge in [-0.2, -0.15) is 11.8 Å². The Kier molecular flexibility index (Phi) is 3.31. The van der Waals surface area contributed by atoms with Gasteiger partial charge in [0.2, 0.25) is 0 Å². The molecule has 2 rings (SSSR count). The Labute approximate surface area is 94.7 Å². The highest BCUT2D eigenvalue weighted by Gasteiger charge is 2.14. The molecule has 0 radical (unpaired) electrons. The molecule has 0 unspecified atom stereocenters. The van der Waals surface area contributed by atoms with E-state index in [4.69, 9.17) is 0 Å². The number of carbonyl (C=O) groups excluding carboxylic acids is 1. The summed E-state index contributed by atoms with van der Waals surface area (Å²) in [5.74, 6) is 2.32. The average Bonchev–Trinajstić information content (AvgIpc) is 2.30. The summed E-state index contributed by atoms with van der Waals surface area (Å²) in [4.78, 5) is 13.3. The van der Waals surface area contributed by atoms with Crippen molar-refractivity contribution in [3.63, 3.8) is 0 Å². The van der Waals surface area contributed by atoms with Crippen molar-refractivity contribution >= 4 is 23.7 Å². The molecular weight excluding hydrogens is 206 g/mol. The molecule has 1 fully saturated rings. The molecule has 1 aliphatic heterocycles. The Morgan fingerprint density at radius 1 is 1.33 bits per heavy atom. The van der Waals surface area contributed by atoms with E-state index in [1.807, 2.05) is 23.9 Å². The van der Waals surface area contributed by atoms with Crippen LogP contribution >= 0.6 is 11.8 Å². The van der Waals surface area contributed by atoms with Gasteiger partial charge in [-0.1, -0.05) is 6.07 Å². The van der Waals surface area contributed by atoms with E-state index in [0.29, 0.717) is 0 Å². The molecule has 1 aromatic carbocycles. The van der Waals surface area contributed by atoms with Gasteiger partial charge in [0.05, 0.1) is 0 Å². The third-order valence-electron chi connectivity index (χ3n) is 2.66. The van der Waals surface area contributed by atoms with Crippen molar-refractivity contribution in [3.05, 3.63) is 29.3 Å². The first kappa shape index (κ1) is 10.6. The van der Waals surface area contributed by atoms with Gasteiger partial charge >= 0.3 is 0 Å². The number of rotatable bonds is 2. The molecule has 80 valence electrons. The normalized spacial score (nSPS) is 16.5. The van der Waals surface area contributed by atoms with Crippen LogP contribution in [0.2, 0.25) is 0 Å². The monoisotopic (exact) mass is 221 g/mol. The molecule has 2 nitrogen and oxygen atoms in total. The molecule has 1 heterocycles. The third kappa shape index (κ3) is 2.34. The summed E-state index contributed by atoms with van der Waals surface area (Å²) in [7, 11) is 0. The van der Waals surface area contributed by atoms with Crippen molar-refractivity contribution in [3.8, 4) is 0 Å². The van der Waals surface area contributed by atoms with Gasteiger partial charge in [0.25, 0.3) is 0 Å². The lowest BCUT2D eigenvalue weighted by molar-refractivity contribution is 0.112. The molecule has 3 heteroatoms. The highest BCUT2D eigenvalue weighted by atomic mass is 32.2. The smallest absolute Gasteiger partial charge is 0.152 e. The van der Waals surface area contributed by atoms with Crippen molar-refractivity contribution in [1.29, 1.82) is 0 Å². The number of hydrogen-bond donors (Lipinski definition) is 0. The first-order chi connectivity index (χ1) is 7.31. The van der Waals surface area contributed by atoms with E-state index in [9.17, 15) is 4.79 Å². The van der Waals surface area contributed by atoms with Crippen LogP contribution in [0.3, 0.4) is 0 Å². The summed E-state index contributed by atoms with van der Waals surface area (Å²) in [5, 5.41) is 0. The van der Waals surface area contributed by atoms with Gasteiger partial charge in [0.15, 0.2) is 6.29 Å². The Bertz CT molecular complexity index is 359. The van der Waals surface area contributed by atoms with Crippen LogP contribution in [0.25, 0.3) is 0 Å². The number of thioether (sulfide) groups is 1. The van der Waals surface area contributed by atoms with Gasteiger partial charge in [-0.3, -0.25) is 4.79 Å². The molecule has 0 saturated carbocycles. The van der Waals surface area contributed by atoms with Crippen LogP contribution in [0.1, 0.15) is 15.9 Å². The van der Waals surface area contributed by atoms with Crippen LogP contribution in [0.4, 0.5) is 5.69 Å². The van der Waals surface area contributed by atoms with E-state index >= 15 is 0 Å².